The first-order valence-corrected chi connectivity index (χ1v) is 12.1. The second-order valence-electron chi connectivity index (χ2n) is 7.32. The van der Waals surface area contributed by atoms with Crippen molar-refractivity contribution in [1.82, 2.24) is 9.29 Å². The molecule has 2 aromatic carbocycles. The van der Waals surface area contributed by atoms with Crippen LogP contribution < -0.4 is 5.32 Å². The van der Waals surface area contributed by atoms with Crippen LogP contribution in [0.25, 0.3) is 0 Å². The van der Waals surface area contributed by atoms with Crippen molar-refractivity contribution in [2.24, 2.45) is 0 Å². The normalized spacial score (nSPS) is 14.3. The van der Waals surface area contributed by atoms with E-state index < -0.39 is 10.0 Å². The smallest absolute Gasteiger partial charge is 0.243 e. The number of fused-ring (bicyclic) bond motifs is 1. The Morgan fingerprint density at radius 3 is 2.60 bits per heavy atom. The summed E-state index contributed by atoms with van der Waals surface area (Å²) in [5.74, 6) is -0.0888. The molecule has 0 saturated heterocycles. The molecular formula is C22H23N3O3S2. The molecule has 0 unspecified atom stereocenters. The van der Waals surface area contributed by atoms with Crippen molar-refractivity contribution in [2.75, 3.05) is 11.9 Å². The third-order valence-corrected chi connectivity index (χ3v) is 7.94. The maximum Gasteiger partial charge on any atom is 0.243 e. The van der Waals surface area contributed by atoms with Gasteiger partial charge in [0.15, 0.2) is 5.13 Å². The second kappa shape index (κ2) is 8.67. The lowest BCUT2D eigenvalue weighted by Gasteiger charge is -2.25. The molecule has 4 rings (SSSR count). The van der Waals surface area contributed by atoms with Gasteiger partial charge in [0.1, 0.15) is 0 Å². The zero-order chi connectivity index (χ0) is 21.1. The van der Waals surface area contributed by atoms with Gasteiger partial charge in [0.25, 0.3) is 0 Å². The van der Waals surface area contributed by atoms with E-state index in [0.717, 1.165) is 21.7 Å². The first-order chi connectivity index (χ1) is 14.4. The van der Waals surface area contributed by atoms with E-state index in [1.807, 2.05) is 37.3 Å². The average molecular weight is 442 g/mol. The van der Waals surface area contributed by atoms with Gasteiger partial charge in [-0.1, -0.05) is 48.0 Å². The molecule has 0 aliphatic carbocycles. The van der Waals surface area contributed by atoms with Gasteiger partial charge in [0.05, 0.1) is 17.1 Å². The van der Waals surface area contributed by atoms with E-state index >= 15 is 0 Å². The molecule has 0 spiro atoms. The van der Waals surface area contributed by atoms with Gasteiger partial charge < -0.3 is 5.32 Å². The fourth-order valence-corrected chi connectivity index (χ4v) is 5.90. The zero-order valence-corrected chi connectivity index (χ0v) is 18.3. The minimum absolute atomic E-state index is 0.0888. The molecule has 6 nitrogen and oxygen atoms in total. The molecule has 0 radical (unpaired) electrons. The highest BCUT2D eigenvalue weighted by molar-refractivity contribution is 7.89. The van der Waals surface area contributed by atoms with Crippen molar-refractivity contribution in [3.8, 4) is 0 Å². The van der Waals surface area contributed by atoms with Crippen LogP contribution in [0, 0.1) is 6.92 Å². The summed E-state index contributed by atoms with van der Waals surface area (Å²) in [6, 6.07) is 16.8. The molecule has 0 bridgehead atoms. The summed E-state index contributed by atoms with van der Waals surface area (Å²) in [7, 11) is -3.55. The van der Waals surface area contributed by atoms with Crippen molar-refractivity contribution < 1.29 is 13.2 Å². The topological polar surface area (TPSA) is 79.4 Å². The number of rotatable bonds is 6. The molecule has 1 N–H and O–H groups in total. The van der Waals surface area contributed by atoms with Crippen LogP contribution in [0.15, 0.2) is 59.5 Å². The van der Waals surface area contributed by atoms with Crippen LogP contribution in [0.4, 0.5) is 5.13 Å². The number of hydrogen-bond acceptors (Lipinski definition) is 5. The molecule has 30 heavy (non-hydrogen) atoms. The van der Waals surface area contributed by atoms with Gasteiger partial charge in [-0.25, -0.2) is 13.4 Å². The lowest BCUT2D eigenvalue weighted by atomic mass is 10.1. The summed E-state index contributed by atoms with van der Waals surface area (Å²) in [5, 5.41) is 3.40. The Morgan fingerprint density at radius 2 is 1.87 bits per heavy atom. The first-order valence-electron chi connectivity index (χ1n) is 9.81. The number of carbonyl (C=O) groups is 1. The first kappa shape index (κ1) is 20.7. The van der Waals surface area contributed by atoms with Gasteiger partial charge in [0, 0.05) is 24.3 Å². The number of nitrogens with one attached hydrogen (secondary N) is 1. The highest BCUT2D eigenvalue weighted by atomic mass is 32.2. The summed E-state index contributed by atoms with van der Waals surface area (Å²) < 4.78 is 27.4. The van der Waals surface area contributed by atoms with Gasteiger partial charge in [-0.2, -0.15) is 4.31 Å². The molecule has 1 amide bonds. The molecule has 8 heteroatoms. The number of amides is 1. The van der Waals surface area contributed by atoms with Crippen molar-refractivity contribution in [3.63, 3.8) is 0 Å². The van der Waals surface area contributed by atoms with E-state index in [4.69, 9.17) is 0 Å². The minimum Gasteiger partial charge on any atom is -0.302 e. The Balaban J connectivity index is 1.40. The number of aromatic nitrogens is 1. The minimum atomic E-state index is -3.55. The van der Waals surface area contributed by atoms with Crippen molar-refractivity contribution in [3.05, 3.63) is 76.3 Å². The van der Waals surface area contributed by atoms with E-state index in [-0.39, 0.29) is 12.5 Å². The summed E-state index contributed by atoms with van der Waals surface area (Å²) in [6.45, 7) is 2.59. The van der Waals surface area contributed by atoms with Crippen LogP contribution in [-0.4, -0.2) is 30.2 Å². The number of sulfonamides is 1. The Hall–Kier alpha value is -2.55. The second-order valence-corrected chi connectivity index (χ2v) is 10.3. The molecule has 0 fully saturated rings. The molecule has 1 aliphatic rings. The maximum absolute atomic E-state index is 13.0. The predicted molar refractivity (Wildman–Crippen MR) is 118 cm³/mol. The van der Waals surface area contributed by atoms with Gasteiger partial charge >= 0.3 is 0 Å². The summed E-state index contributed by atoms with van der Waals surface area (Å²) in [5.41, 5.74) is 3.00. The highest BCUT2D eigenvalue weighted by Gasteiger charge is 2.30. The van der Waals surface area contributed by atoms with Crippen LogP contribution in [0.2, 0.25) is 0 Å². The molecule has 3 aromatic rings. The summed E-state index contributed by atoms with van der Waals surface area (Å²) >= 11 is 1.35. The SMILES string of the molecule is Cc1ccc(S(=O)(=O)N2CCc3nc(NC(=O)CCc4ccccc4)sc3C2)cc1. The fourth-order valence-electron chi connectivity index (χ4n) is 3.37. The lowest BCUT2D eigenvalue weighted by Crippen LogP contribution is -2.35. The zero-order valence-electron chi connectivity index (χ0n) is 16.7. The van der Waals surface area contributed by atoms with E-state index in [1.165, 1.54) is 15.6 Å². The van der Waals surface area contributed by atoms with Gasteiger partial charge in [0.2, 0.25) is 15.9 Å². The van der Waals surface area contributed by atoms with E-state index in [2.05, 4.69) is 10.3 Å². The fraction of sp³-hybridized carbons (Fsp3) is 0.273. The molecular weight excluding hydrogens is 418 g/mol. The highest BCUT2D eigenvalue weighted by Crippen LogP contribution is 2.31. The Kier molecular flexibility index (Phi) is 5.99. The summed E-state index contributed by atoms with van der Waals surface area (Å²) in [4.78, 5) is 18.0. The number of benzene rings is 2. The van der Waals surface area contributed by atoms with E-state index in [1.54, 1.807) is 24.3 Å². The van der Waals surface area contributed by atoms with Crippen molar-refractivity contribution in [2.45, 2.75) is 37.6 Å². The molecule has 156 valence electrons. The van der Waals surface area contributed by atoms with E-state index in [0.29, 0.717) is 35.8 Å². The Labute approximate surface area is 180 Å². The van der Waals surface area contributed by atoms with Gasteiger partial charge in [-0.15, -0.1) is 11.3 Å². The van der Waals surface area contributed by atoms with Crippen molar-refractivity contribution >= 4 is 32.4 Å². The molecule has 2 heterocycles. The maximum atomic E-state index is 13.0. The molecule has 0 atom stereocenters. The number of anilines is 1. The molecule has 0 saturated carbocycles. The Morgan fingerprint density at radius 1 is 1.13 bits per heavy atom. The van der Waals surface area contributed by atoms with Crippen LogP contribution in [0.1, 0.15) is 28.1 Å². The lowest BCUT2D eigenvalue weighted by molar-refractivity contribution is -0.116. The summed E-state index contributed by atoms with van der Waals surface area (Å²) in [6.07, 6.45) is 1.58. The third-order valence-electron chi connectivity index (χ3n) is 5.08. The largest absolute Gasteiger partial charge is 0.302 e. The van der Waals surface area contributed by atoms with Gasteiger partial charge in [-0.3, -0.25) is 4.79 Å². The Bertz CT molecular complexity index is 1140. The average Bonchev–Trinajstić information content (AvgIpc) is 3.14. The van der Waals surface area contributed by atoms with Crippen LogP contribution in [0.3, 0.4) is 0 Å². The molecule has 1 aliphatic heterocycles. The molecule has 1 aromatic heterocycles. The van der Waals surface area contributed by atoms with Crippen LogP contribution in [-0.2, 0) is 34.2 Å². The quantitative estimate of drug-likeness (QED) is 0.632. The number of aryl methyl sites for hydroxylation is 2. The van der Waals surface area contributed by atoms with E-state index in [9.17, 15) is 13.2 Å². The number of thiazole rings is 1. The van der Waals surface area contributed by atoms with Crippen LogP contribution in [0.5, 0.6) is 0 Å². The van der Waals surface area contributed by atoms with Crippen LogP contribution >= 0.6 is 11.3 Å². The van der Waals surface area contributed by atoms with Crippen molar-refractivity contribution in [1.29, 1.82) is 0 Å². The third kappa shape index (κ3) is 4.61. The predicted octanol–water partition coefficient (Wildman–Crippen LogP) is 3.77. The monoisotopic (exact) mass is 441 g/mol. The number of carbonyl (C=O) groups excluding carboxylic acids is 1. The number of nitrogens with zero attached hydrogens (tertiary/aromatic N) is 2. The van der Waals surface area contributed by atoms with Gasteiger partial charge in [-0.05, 0) is 31.0 Å². The standard InChI is InChI=1S/C22H23N3O3S2/c1-16-7-10-18(11-8-16)30(27,28)25-14-13-19-20(15-25)29-22(23-19)24-21(26)12-9-17-5-3-2-4-6-17/h2-8,10-11H,9,12-15H2,1H3,(H,23,24,26). The number of hydrogen-bond donors (Lipinski definition) is 1.